The SMILES string of the molecule is O=C(NCC(F)(F)F)[C@@H]1CCCN(CCc2ccncc2)C1. The molecule has 0 saturated carbocycles. The van der Waals surface area contributed by atoms with Gasteiger partial charge in [-0.05, 0) is 43.5 Å². The van der Waals surface area contributed by atoms with Crippen LogP contribution in [0.3, 0.4) is 0 Å². The van der Waals surface area contributed by atoms with Crippen LogP contribution >= 0.6 is 0 Å². The molecule has 122 valence electrons. The average molecular weight is 315 g/mol. The van der Waals surface area contributed by atoms with Gasteiger partial charge in [-0.25, -0.2) is 0 Å². The van der Waals surface area contributed by atoms with Crippen LogP contribution in [0.15, 0.2) is 24.5 Å². The standard InChI is InChI=1S/C15H20F3N3O/c16-15(17,18)11-20-14(22)13-2-1-8-21(10-13)9-5-12-3-6-19-7-4-12/h3-4,6-7,13H,1-2,5,8-11H2,(H,20,22)/t13-/m1/s1. The Morgan fingerprint density at radius 2 is 2.09 bits per heavy atom. The first-order valence-corrected chi connectivity index (χ1v) is 7.40. The van der Waals surface area contributed by atoms with Crippen LogP contribution in [-0.4, -0.2) is 48.1 Å². The highest BCUT2D eigenvalue weighted by molar-refractivity contribution is 5.79. The van der Waals surface area contributed by atoms with E-state index in [-0.39, 0.29) is 5.92 Å². The zero-order valence-corrected chi connectivity index (χ0v) is 12.3. The predicted octanol–water partition coefficient (Wildman–Crippen LogP) is 2.01. The Bertz CT molecular complexity index is 479. The van der Waals surface area contributed by atoms with Crippen molar-refractivity contribution in [3.05, 3.63) is 30.1 Å². The van der Waals surface area contributed by atoms with Crippen molar-refractivity contribution in [1.82, 2.24) is 15.2 Å². The zero-order valence-electron chi connectivity index (χ0n) is 12.3. The summed E-state index contributed by atoms with van der Waals surface area (Å²) in [5.74, 6) is -0.848. The summed E-state index contributed by atoms with van der Waals surface area (Å²) in [5.41, 5.74) is 1.17. The fraction of sp³-hybridized carbons (Fsp3) is 0.600. The predicted molar refractivity (Wildman–Crippen MR) is 76.2 cm³/mol. The molecule has 22 heavy (non-hydrogen) atoms. The van der Waals surface area contributed by atoms with Gasteiger partial charge in [-0.3, -0.25) is 9.78 Å². The summed E-state index contributed by atoms with van der Waals surface area (Å²) < 4.78 is 36.4. The molecule has 1 aromatic heterocycles. The molecule has 4 nitrogen and oxygen atoms in total. The van der Waals surface area contributed by atoms with E-state index in [2.05, 4.69) is 9.88 Å². The minimum Gasteiger partial charge on any atom is -0.347 e. The molecule has 2 rings (SSSR count). The lowest BCUT2D eigenvalue weighted by molar-refractivity contribution is -0.141. The van der Waals surface area contributed by atoms with E-state index in [1.54, 1.807) is 12.4 Å². The molecule has 1 atom stereocenters. The summed E-state index contributed by atoms with van der Waals surface area (Å²) in [5, 5.41) is 1.99. The maximum atomic E-state index is 12.1. The maximum Gasteiger partial charge on any atom is 0.405 e. The number of hydrogen-bond donors (Lipinski definition) is 1. The van der Waals surface area contributed by atoms with Gasteiger partial charge in [0.15, 0.2) is 0 Å². The topological polar surface area (TPSA) is 45.2 Å². The van der Waals surface area contributed by atoms with Crippen molar-refractivity contribution in [3.63, 3.8) is 0 Å². The molecule has 1 saturated heterocycles. The molecule has 0 aromatic carbocycles. The van der Waals surface area contributed by atoms with Gasteiger partial charge in [0.1, 0.15) is 6.54 Å². The third-order valence-electron chi connectivity index (χ3n) is 3.81. The Kier molecular flexibility index (Phi) is 5.76. The molecule has 1 aromatic rings. The van der Waals surface area contributed by atoms with E-state index in [4.69, 9.17) is 0 Å². The fourth-order valence-electron chi connectivity index (χ4n) is 2.64. The third-order valence-corrected chi connectivity index (χ3v) is 3.81. The fourth-order valence-corrected chi connectivity index (χ4v) is 2.64. The number of rotatable bonds is 5. The molecule has 0 aliphatic carbocycles. The second kappa shape index (κ2) is 7.58. The van der Waals surface area contributed by atoms with Crippen LogP contribution in [0, 0.1) is 5.92 Å². The van der Waals surface area contributed by atoms with Gasteiger partial charge in [-0.1, -0.05) is 0 Å². The molecule has 0 bridgehead atoms. The highest BCUT2D eigenvalue weighted by Crippen LogP contribution is 2.18. The van der Waals surface area contributed by atoms with Gasteiger partial charge in [0.05, 0.1) is 5.92 Å². The van der Waals surface area contributed by atoms with Gasteiger partial charge >= 0.3 is 6.18 Å². The van der Waals surface area contributed by atoms with E-state index in [0.29, 0.717) is 13.0 Å². The highest BCUT2D eigenvalue weighted by atomic mass is 19.4. The van der Waals surface area contributed by atoms with Gasteiger partial charge in [-0.2, -0.15) is 13.2 Å². The molecular formula is C15H20F3N3O. The van der Waals surface area contributed by atoms with E-state index in [1.165, 1.54) is 5.56 Å². The van der Waals surface area contributed by atoms with Crippen molar-refractivity contribution in [1.29, 1.82) is 0 Å². The zero-order chi connectivity index (χ0) is 16.0. The number of likely N-dealkylation sites (tertiary alicyclic amines) is 1. The number of hydrogen-bond acceptors (Lipinski definition) is 3. The van der Waals surface area contributed by atoms with Crippen molar-refractivity contribution in [3.8, 4) is 0 Å². The minimum atomic E-state index is -4.36. The number of carbonyl (C=O) groups excluding carboxylic acids is 1. The summed E-state index contributed by atoms with van der Waals surface area (Å²) in [4.78, 5) is 17.9. The second-order valence-corrected chi connectivity index (χ2v) is 5.58. The number of amides is 1. The molecule has 1 aliphatic rings. The van der Waals surface area contributed by atoms with E-state index < -0.39 is 18.6 Å². The summed E-state index contributed by atoms with van der Waals surface area (Å²) in [6, 6.07) is 3.88. The number of alkyl halides is 3. The first-order valence-electron chi connectivity index (χ1n) is 7.40. The molecule has 1 N–H and O–H groups in total. The Labute approximate surface area is 127 Å². The van der Waals surface area contributed by atoms with Gasteiger partial charge in [0.2, 0.25) is 5.91 Å². The average Bonchev–Trinajstić information content (AvgIpc) is 2.51. The van der Waals surface area contributed by atoms with Crippen molar-refractivity contribution in [2.45, 2.75) is 25.4 Å². The summed E-state index contributed by atoms with van der Waals surface area (Å²) in [6.45, 7) is 0.954. The maximum absolute atomic E-state index is 12.1. The minimum absolute atomic E-state index is 0.353. The number of pyridine rings is 1. The molecule has 0 unspecified atom stereocenters. The second-order valence-electron chi connectivity index (χ2n) is 5.58. The van der Waals surface area contributed by atoms with E-state index in [1.807, 2.05) is 17.4 Å². The van der Waals surface area contributed by atoms with Crippen LogP contribution in [-0.2, 0) is 11.2 Å². The van der Waals surface area contributed by atoms with Crippen LogP contribution in [0.25, 0.3) is 0 Å². The number of nitrogens with one attached hydrogen (secondary N) is 1. The lowest BCUT2D eigenvalue weighted by atomic mass is 9.96. The number of halogens is 3. The van der Waals surface area contributed by atoms with Gasteiger partial charge < -0.3 is 10.2 Å². The molecule has 2 heterocycles. The van der Waals surface area contributed by atoms with E-state index in [0.717, 1.165) is 25.9 Å². The van der Waals surface area contributed by atoms with Crippen molar-refractivity contribution in [2.24, 2.45) is 5.92 Å². The number of nitrogens with zero attached hydrogens (tertiary/aromatic N) is 2. The van der Waals surface area contributed by atoms with E-state index >= 15 is 0 Å². The van der Waals surface area contributed by atoms with Crippen molar-refractivity contribution in [2.75, 3.05) is 26.2 Å². The molecule has 1 fully saturated rings. The first kappa shape index (κ1) is 16.7. The third kappa shape index (κ3) is 5.63. The smallest absolute Gasteiger partial charge is 0.347 e. The molecule has 7 heteroatoms. The van der Waals surface area contributed by atoms with Crippen LogP contribution in [0.4, 0.5) is 13.2 Å². The van der Waals surface area contributed by atoms with Crippen LogP contribution in [0.5, 0.6) is 0 Å². The normalized spacial score (nSPS) is 19.9. The van der Waals surface area contributed by atoms with E-state index in [9.17, 15) is 18.0 Å². The summed E-state index contributed by atoms with van der Waals surface area (Å²) in [7, 11) is 0. The number of carbonyl (C=O) groups is 1. The van der Waals surface area contributed by atoms with Crippen molar-refractivity contribution < 1.29 is 18.0 Å². The molecule has 1 aliphatic heterocycles. The largest absolute Gasteiger partial charge is 0.405 e. The van der Waals surface area contributed by atoms with Crippen LogP contribution in [0.2, 0.25) is 0 Å². The lowest BCUT2D eigenvalue weighted by Crippen LogP contribution is -2.45. The first-order chi connectivity index (χ1) is 10.4. The Hall–Kier alpha value is -1.63. The van der Waals surface area contributed by atoms with Crippen LogP contribution in [0.1, 0.15) is 18.4 Å². The molecule has 1 amide bonds. The highest BCUT2D eigenvalue weighted by Gasteiger charge is 2.31. The lowest BCUT2D eigenvalue weighted by Gasteiger charge is -2.32. The van der Waals surface area contributed by atoms with Crippen molar-refractivity contribution >= 4 is 5.91 Å². The Morgan fingerprint density at radius 1 is 1.36 bits per heavy atom. The molecule has 0 spiro atoms. The monoisotopic (exact) mass is 315 g/mol. The number of piperidine rings is 1. The van der Waals surface area contributed by atoms with Gasteiger partial charge in [0.25, 0.3) is 0 Å². The number of aromatic nitrogens is 1. The van der Waals surface area contributed by atoms with Crippen LogP contribution < -0.4 is 5.32 Å². The summed E-state index contributed by atoms with van der Waals surface area (Å²) in [6.07, 6.45) is 1.44. The Balaban J connectivity index is 1.77. The quantitative estimate of drug-likeness (QED) is 0.904. The summed E-state index contributed by atoms with van der Waals surface area (Å²) >= 11 is 0. The molecule has 0 radical (unpaired) electrons. The Morgan fingerprint density at radius 3 is 2.77 bits per heavy atom. The van der Waals surface area contributed by atoms with Gasteiger partial charge in [0, 0.05) is 25.5 Å². The van der Waals surface area contributed by atoms with Gasteiger partial charge in [-0.15, -0.1) is 0 Å². The molecular weight excluding hydrogens is 295 g/mol.